The van der Waals surface area contributed by atoms with Crippen molar-refractivity contribution < 1.29 is 41.3 Å². The number of piperidine rings is 1. The van der Waals surface area contributed by atoms with Crippen molar-refractivity contribution in [2.45, 2.75) is 35.9 Å². The summed E-state index contributed by atoms with van der Waals surface area (Å²) in [6.07, 6.45) is -2.37. The van der Waals surface area contributed by atoms with Crippen molar-refractivity contribution in [1.82, 2.24) is 9.21 Å². The zero-order valence-corrected chi connectivity index (χ0v) is 24.9. The van der Waals surface area contributed by atoms with Gasteiger partial charge >= 0.3 is 12.1 Å². The summed E-state index contributed by atoms with van der Waals surface area (Å²) in [5.41, 5.74) is 0.907. The Morgan fingerprint density at radius 1 is 0.907 bits per heavy atom. The maximum Gasteiger partial charge on any atom is 0.490 e. The van der Waals surface area contributed by atoms with E-state index in [0.29, 0.717) is 12.4 Å². The second-order valence-electron chi connectivity index (χ2n) is 10.4. The lowest BCUT2D eigenvalue weighted by atomic mass is 9.72. The molecule has 1 fully saturated rings. The highest BCUT2D eigenvalue weighted by molar-refractivity contribution is 7.89. The highest BCUT2D eigenvalue weighted by atomic mass is 32.2. The SMILES string of the molecule is CN(C)S(=O)(=O)c1ccc(OCCCN2CCC(C(O)(c3ccccc3)c3ccccc3)CC2)cc1.O=C(O)C(F)(F)F. The molecule has 0 radical (unpaired) electrons. The molecule has 3 aromatic carbocycles. The number of aliphatic hydroxyl groups is 1. The quantitative estimate of drug-likeness (QED) is 0.307. The summed E-state index contributed by atoms with van der Waals surface area (Å²) in [4.78, 5) is 11.6. The average molecular weight is 623 g/mol. The third-order valence-electron chi connectivity index (χ3n) is 7.34. The minimum Gasteiger partial charge on any atom is -0.494 e. The van der Waals surface area contributed by atoms with Gasteiger partial charge in [-0.15, -0.1) is 0 Å². The average Bonchev–Trinajstić information content (AvgIpc) is 3.00. The first-order chi connectivity index (χ1) is 20.3. The summed E-state index contributed by atoms with van der Waals surface area (Å²) in [5, 5.41) is 19.2. The zero-order chi connectivity index (χ0) is 31.7. The number of rotatable bonds is 10. The number of aliphatic carboxylic acids is 1. The number of likely N-dealkylation sites (tertiary alicyclic amines) is 1. The van der Waals surface area contributed by atoms with Crippen LogP contribution in [0.25, 0.3) is 0 Å². The smallest absolute Gasteiger partial charge is 0.490 e. The summed E-state index contributed by atoms with van der Waals surface area (Å²) < 4.78 is 63.2. The van der Waals surface area contributed by atoms with E-state index in [4.69, 9.17) is 14.6 Å². The van der Waals surface area contributed by atoms with Gasteiger partial charge in [-0.1, -0.05) is 60.7 Å². The van der Waals surface area contributed by atoms with E-state index in [9.17, 15) is 26.7 Å². The molecule has 1 aliphatic heterocycles. The Morgan fingerprint density at radius 2 is 1.37 bits per heavy atom. The lowest BCUT2D eigenvalue weighted by molar-refractivity contribution is -0.192. The first-order valence-electron chi connectivity index (χ1n) is 13.8. The van der Waals surface area contributed by atoms with Crippen LogP contribution in [0.1, 0.15) is 30.4 Å². The molecule has 234 valence electrons. The molecule has 0 unspecified atom stereocenters. The van der Waals surface area contributed by atoms with Crippen LogP contribution in [0.15, 0.2) is 89.8 Å². The highest BCUT2D eigenvalue weighted by Crippen LogP contribution is 2.41. The third kappa shape index (κ3) is 9.02. The first kappa shape index (κ1) is 34.0. The molecule has 0 atom stereocenters. The lowest BCUT2D eigenvalue weighted by Crippen LogP contribution is -2.44. The van der Waals surface area contributed by atoms with Gasteiger partial charge in [0.25, 0.3) is 0 Å². The van der Waals surface area contributed by atoms with Gasteiger partial charge in [-0.3, -0.25) is 0 Å². The molecule has 2 N–H and O–H groups in total. The van der Waals surface area contributed by atoms with Crippen molar-refractivity contribution >= 4 is 16.0 Å². The number of sulfonamides is 1. The normalized spacial score (nSPS) is 15.0. The van der Waals surface area contributed by atoms with Crippen molar-refractivity contribution in [3.05, 3.63) is 96.1 Å². The summed E-state index contributed by atoms with van der Waals surface area (Å²) in [7, 11) is -0.390. The van der Waals surface area contributed by atoms with E-state index in [2.05, 4.69) is 4.90 Å². The number of halogens is 3. The second kappa shape index (κ2) is 14.8. The topological polar surface area (TPSA) is 107 Å². The van der Waals surface area contributed by atoms with Gasteiger partial charge in [0, 0.05) is 20.6 Å². The zero-order valence-electron chi connectivity index (χ0n) is 24.1. The van der Waals surface area contributed by atoms with E-state index in [1.165, 1.54) is 18.4 Å². The Kier molecular flexibility index (Phi) is 11.7. The predicted molar refractivity (Wildman–Crippen MR) is 156 cm³/mol. The molecule has 1 saturated heterocycles. The fourth-order valence-electron chi connectivity index (χ4n) is 4.99. The molecule has 43 heavy (non-hydrogen) atoms. The second-order valence-corrected chi connectivity index (χ2v) is 12.5. The number of carboxylic acid groups (broad SMARTS) is 1. The third-order valence-corrected chi connectivity index (χ3v) is 9.17. The van der Waals surface area contributed by atoms with Crippen molar-refractivity contribution in [2.24, 2.45) is 5.92 Å². The number of hydrogen-bond acceptors (Lipinski definition) is 6. The molecule has 0 bridgehead atoms. The Labute approximate surface area is 250 Å². The van der Waals surface area contributed by atoms with E-state index in [-0.39, 0.29) is 10.8 Å². The maximum absolute atomic E-state index is 12.2. The van der Waals surface area contributed by atoms with Crippen molar-refractivity contribution in [3.63, 3.8) is 0 Å². The van der Waals surface area contributed by atoms with Gasteiger partial charge in [-0.2, -0.15) is 13.2 Å². The minimum absolute atomic E-state index is 0.145. The minimum atomic E-state index is -5.08. The van der Waals surface area contributed by atoms with Gasteiger partial charge in [0.2, 0.25) is 10.0 Å². The summed E-state index contributed by atoms with van der Waals surface area (Å²) in [6, 6.07) is 26.6. The van der Waals surface area contributed by atoms with E-state index >= 15 is 0 Å². The van der Waals surface area contributed by atoms with Crippen molar-refractivity contribution in [2.75, 3.05) is 40.3 Å². The monoisotopic (exact) mass is 622 g/mol. The lowest BCUT2D eigenvalue weighted by Gasteiger charge is -2.42. The molecule has 12 heteroatoms. The molecule has 1 aliphatic rings. The number of hydrogen-bond donors (Lipinski definition) is 2. The van der Waals surface area contributed by atoms with Crippen LogP contribution in [-0.2, 0) is 20.4 Å². The van der Waals surface area contributed by atoms with Crippen LogP contribution in [0, 0.1) is 5.92 Å². The molecule has 3 aromatic rings. The standard InChI is InChI=1S/C29H36N2O4S.C2HF3O2/c1-30(2)36(33,34)28-16-14-27(15-17-28)35-23-9-20-31-21-18-26(19-22-31)29(32,24-10-5-3-6-11-24)25-12-7-4-8-13-25;3-2(4,5)1(6)7/h3-8,10-17,26,32H,9,18-23H2,1-2H3;(H,6,7). The Bertz CT molecular complexity index is 1360. The van der Waals surface area contributed by atoms with Gasteiger partial charge in [-0.25, -0.2) is 17.5 Å². The van der Waals surface area contributed by atoms with Gasteiger partial charge < -0.3 is 19.8 Å². The van der Waals surface area contributed by atoms with Crippen molar-refractivity contribution in [3.8, 4) is 5.75 Å². The molecule has 0 aliphatic carbocycles. The molecule has 1 heterocycles. The Morgan fingerprint density at radius 3 is 1.79 bits per heavy atom. The summed E-state index contributed by atoms with van der Waals surface area (Å²) >= 11 is 0. The number of carboxylic acids is 1. The fourth-order valence-corrected chi connectivity index (χ4v) is 5.90. The Hall–Kier alpha value is -3.45. The number of carbonyl (C=O) groups is 1. The largest absolute Gasteiger partial charge is 0.494 e. The van der Waals surface area contributed by atoms with Gasteiger partial charge in [0.1, 0.15) is 11.4 Å². The van der Waals surface area contributed by atoms with Crippen LogP contribution < -0.4 is 4.74 Å². The van der Waals surface area contributed by atoms with Gasteiger partial charge in [0.05, 0.1) is 11.5 Å². The molecule has 0 saturated carbocycles. The number of nitrogens with zero attached hydrogens (tertiary/aromatic N) is 2. The van der Waals surface area contributed by atoms with Crippen molar-refractivity contribution in [1.29, 1.82) is 0 Å². The first-order valence-corrected chi connectivity index (χ1v) is 15.2. The predicted octanol–water partition coefficient (Wildman–Crippen LogP) is 4.99. The Balaban J connectivity index is 0.000000646. The summed E-state index contributed by atoms with van der Waals surface area (Å²) in [6.45, 7) is 3.36. The van der Waals surface area contributed by atoms with Crippen LogP contribution in [-0.4, -0.2) is 80.3 Å². The van der Waals surface area contributed by atoms with Gasteiger partial charge in [-0.05, 0) is 73.7 Å². The molecule has 0 spiro atoms. The van der Waals surface area contributed by atoms with E-state index < -0.39 is 27.8 Å². The van der Waals surface area contributed by atoms with Crippen LogP contribution in [0.3, 0.4) is 0 Å². The van der Waals surface area contributed by atoms with Crippen LogP contribution in [0.5, 0.6) is 5.75 Å². The van der Waals surface area contributed by atoms with Crippen LogP contribution in [0.4, 0.5) is 13.2 Å². The van der Waals surface area contributed by atoms with E-state index in [1.807, 2.05) is 60.7 Å². The van der Waals surface area contributed by atoms with Crippen LogP contribution >= 0.6 is 0 Å². The molecule has 0 amide bonds. The summed E-state index contributed by atoms with van der Waals surface area (Å²) in [5.74, 6) is -1.94. The maximum atomic E-state index is 12.2. The number of benzene rings is 3. The molecule has 8 nitrogen and oxygen atoms in total. The van der Waals surface area contributed by atoms with E-state index in [1.54, 1.807) is 24.3 Å². The molecular weight excluding hydrogens is 585 g/mol. The number of alkyl halides is 3. The fraction of sp³-hybridized carbons (Fsp3) is 0.387. The van der Waals surface area contributed by atoms with Crippen LogP contribution in [0.2, 0.25) is 0 Å². The molecule has 0 aromatic heterocycles. The molecule has 4 rings (SSSR count). The highest BCUT2D eigenvalue weighted by Gasteiger charge is 2.41. The number of ether oxygens (including phenoxy) is 1. The molecular formula is C31H37F3N2O6S. The van der Waals surface area contributed by atoms with Gasteiger partial charge in [0.15, 0.2) is 0 Å². The van der Waals surface area contributed by atoms with E-state index in [0.717, 1.165) is 50.0 Å².